The fourth-order valence-electron chi connectivity index (χ4n) is 2.48. The lowest BCUT2D eigenvalue weighted by Gasteiger charge is -2.39. The summed E-state index contributed by atoms with van der Waals surface area (Å²) in [6.07, 6.45) is 0. The number of benzene rings is 1. The number of alkyl halides is 1. The van der Waals surface area contributed by atoms with Crippen LogP contribution in [0.15, 0.2) is 18.2 Å². The molecule has 0 spiro atoms. The van der Waals surface area contributed by atoms with Gasteiger partial charge in [0, 0.05) is 38.1 Å². The molecule has 1 aliphatic heterocycles. The van der Waals surface area contributed by atoms with Crippen LogP contribution in [-0.2, 0) is 5.88 Å². The minimum atomic E-state index is 0.514. The van der Waals surface area contributed by atoms with Crippen LogP contribution in [0.5, 0.6) is 0 Å². The Morgan fingerprint density at radius 1 is 1.17 bits per heavy atom. The predicted octanol–water partition coefficient (Wildman–Crippen LogP) is 3.61. The Bertz CT molecular complexity index is 399. The summed E-state index contributed by atoms with van der Waals surface area (Å²) in [6.45, 7) is 8.71. The molecule has 1 aromatic carbocycles. The first kappa shape index (κ1) is 14.0. The Morgan fingerprint density at radius 3 is 2.39 bits per heavy atom. The standard InChI is InChI=1S/C14H20Cl2N2/c1-11(2)17-6-8-18(9-7-17)14-12(10-15)4-3-5-13(14)16/h3-5,11H,6-10H2,1-2H3. The summed E-state index contributed by atoms with van der Waals surface area (Å²) in [5, 5.41) is 0.811. The van der Waals surface area contributed by atoms with Gasteiger partial charge in [0.05, 0.1) is 10.7 Å². The topological polar surface area (TPSA) is 6.48 Å². The number of hydrogen-bond acceptors (Lipinski definition) is 2. The normalized spacial score (nSPS) is 17.5. The molecule has 0 atom stereocenters. The smallest absolute Gasteiger partial charge is 0.0642 e. The number of piperazine rings is 1. The fraction of sp³-hybridized carbons (Fsp3) is 0.571. The van der Waals surface area contributed by atoms with Gasteiger partial charge in [-0.2, -0.15) is 0 Å². The molecule has 0 amide bonds. The van der Waals surface area contributed by atoms with Gasteiger partial charge in [-0.15, -0.1) is 11.6 Å². The minimum Gasteiger partial charge on any atom is -0.368 e. The van der Waals surface area contributed by atoms with Gasteiger partial charge in [0.15, 0.2) is 0 Å². The van der Waals surface area contributed by atoms with Gasteiger partial charge in [-0.1, -0.05) is 23.7 Å². The van der Waals surface area contributed by atoms with Crippen molar-refractivity contribution in [2.24, 2.45) is 0 Å². The molecule has 1 fully saturated rings. The number of hydrogen-bond donors (Lipinski definition) is 0. The van der Waals surface area contributed by atoms with Crippen LogP contribution in [0, 0.1) is 0 Å². The van der Waals surface area contributed by atoms with E-state index in [1.54, 1.807) is 0 Å². The maximum absolute atomic E-state index is 6.33. The van der Waals surface area contributed by atoms with Crippen LogP contribution >= 0.6 is 23.2 Å². The number of nitrogens with zero attached hydrogens (tertiary/aromatic N) is 2. The van der Waals surface area contributed by atoms with E-state index in [2.05, 4.69) is 29.7 Å². The molecule has 2 rings (SSSR count). The SMILES string of the molecule is CC(C)N1CCN(c2c(Cl)cccc2CCl)CC1. The zero-order valence-electron chi connectivity index (χ0n) is 11.0. The predicted molar refractivity (Wildman–Crippen MR) is 79.9 cm³/mol. The summed E-state index contributed by atoms with van der Waals surface area (Å²) in [7, 11) is 0. The fourth-order valence-corrected chi connectivity index (χ4v) is 3.01. The van der Waals surface area contributed by atoms with Crippen LogP contribution in [0.4, 0.5) is 5.69 Å². The number of halogens is 2. The molecule has 0 bridgehead atoms. The molecule has 0 unspecified atom stereocenters. The highest BCUT2D eigenvalue weighted by Gasteiger charge is 2.21. The molecule has 0 aliphatic carbocycles. The summed E-state index contributed by atoms with van der Waals surface area (Å²) in [5.41, 5.74) is 2.25. The van der Waals surface area contributed by atoms with Gasteiger partial charge in [-0.05, 0) is 25.5 Å². The second-order valence-electron chi connectivity index (χ2n) is 5.00. The minimum absolute atomic E-state index is 0.514. The summed E-state index contributed by atoms with van der Waals surface area (Å²) in [6, 6.07) is 6.59. The Kier molecular flexibility index (Phi) is 4.77. The van der Waals surface area contributed by atoms with Crippen LogP contribution in [0.2, 0.25) is 5.02 Å². The van der Waals surface area contributed by atoms with E-state index in [0.29, 0.717) is 11.9 Å². The maximum Gasteiger partial charge on any atom is 0.0642 e. The molecule has 100 valence electrons. The highest BCUT2D eigenvalue weighted by Crippen LogP contribution is 2.31. The van der Waals surface area contributed by atoms with E-state index >= 15 is 0 Å². The first-order valence-electron chi connectivity index (χ1n) is 6.46. The van der Waals surface area contributed by atoms with Crippen LogP contribution < -0.4 is 4.90 Å². The molecule has 1 saturated heterocycles. The quantitative estimate of drug-likeness (QED) is 0.784. The van der Waals surface area contributed by atoms with E-state index in [-0.39, 0.29) is 0 Å². The zero-order chi connectivity index (χ0) is 13.1. The molecule has 1 aliphatic rings. The van der Waals surface area contributed by atoms with Crippen LogP contribution in [0.3, 0.4) is 0 Å². The average Bonchev–Trinajstić information content (AvgIpc) is 2.38. The van der Waals surface area contributed by atoms with Crippen molar-refractivity contribution in [3.63, 3.8) is 0 Å². The third-order valence-corrected chi connectivity index (χ3v) is 4.17. The molecule has 1 heterocycles. The molecule has 0 radical (unpaired) electrons. The van der Waals surface area contributed by atoms with Crippen LogP contribution in [0.1, 0.15) is 19.4 Å². The second kappa shape index (κ2) is 6.14. The van der Waals surface area contributed by atoms with Crippen molar-refractivity contribution >= 4 is 28.9 Å². The van der Waals surface area contributed by atoms with Gasteiger partial charge in [0.25, 0.3) is 0 Å². The monoisotopic (exact) mass is 286 g/mol. The number of anilines is 1. The van der Waals surface area contributed by atoms with Gasteiger partial charge in [0.1, 0.15) is 0 Å². The lowest BCUT2D eigenvalue weighted by Crippen LogP contribution is -2.49. The first-order chi connectivity index (χ1) is 8.63. The Balaban J connectivity index is 2.14. The van der Waals surface area contributed by atoms with Gasteiger partial charge >= 0.3 is 0 Å². The molecule has 0 saturated carbocycles. The lowest BCUT2D eigenvalue weighted by molar-refractivity contribution is 0.209. The van der Waals surface area contributed by atoms with E-state index in [1.807, 2.05) is 12.1 Å². The summed E-state index contributed by atoms with van der Waals surface area (Å²) >= 11 is 12.3. The summed E-state index contributed by atoms with van der Waals surface area (Å²) < 4.78 is 0. The average molecular weight is 287 g/mol. The van der Waals surface area contributed by atoms with Gasteiger partial charge in [0.2, 0.25) is 0 Å². The molecule has 18 heavy (non-hydrogen) atoms. The van der Waals surface area contributed by atoms with Crippen LogP contribution in [-0.4, -0.2) is 37.1 Å². The van der Waals surface area contributed by atoms with Crippen molar-refractivity contribution in [2.45, 2.75) is 25.8 Å². The van der Waals surface area contributed by atoms with E-state index in [1.165, 1.54) is 0 Å². The summed E-state index contributed by atoms with van der Waals surface area (Å²) in [4.78, 5) is 4.85. The maximum atomic E-state index is 6.33. The van der Waals surface area contributed by atoms with E-state index in [9.17, 15) is 0 Å². The number of rotatable bonds is 3. The van der Waals surface area contributed by atoms with Crippen molar-refractivity contribution in [3.8, 4) is 0 Å². The third kappa shape index (κ3) is 2.93. The lowest BCUT2D eigenvalue weighted by atomic mass is 10.1. The van der Waals surface area contributed by atoms with E-state index < -0.39 is 0 Å². The molecule has 4 heteroatoms. The highest BCUT2D eigenvalue weighted by atomic mass is 35.5. The molecule has 0 aromatic heterocycles. The Labute approximate surface area is 119 Å². The third-order valence-electron chi connectivity index (χ3n) is 3.58. The molecular formula is C14H20Cl2N2. The molecule has 1 aromatic rings. The van der Waals surface area contributed by atoms with Crippen molar-refractivity contribution in [1.82, 2.24) is 4.90 Å². The molecular weight excluding hydrogens is 267 g/mol. The first-order valence-corrected chi connectivity index (χ1v) is 7.37. The van der Waals surface area contributed by atoms with Crippen LogP contribution in [0.25, 0.3) is 0 Å². The number of para-hydroxylation sites is 1. The van der Waals surface area contributed by atoms with Crippen molar-refractivity contribution in [3.05, 3.63) is 28.8 Å². The van der Waals surface area contributed by atoms with Crippen molar-refractivity contribution in [1.29, 1.82) is 0 Å². The second-order valence-corrected chi connectivity index (χ2v) is 5.67. The van der Waals surface area contributed by atoms with Crippen molar-refractivity contribution < 1.29 is 0 Å². The van der Waals surface area contributed by atoms with E-state index in [4.69, 9.17) is 23.2 Å². The van der Waals surface area contributed by atoms with Crippen molar-refractivity contribution in [2.75, 3.05) is 31.1 Å². The van der Waals surface area contributed by atoms with Gasteiger partial charge in [-0.3, -0.25) is 4.90 Å². The van der Waals surface area contributed by atoms with Gasteiger partial charge < -0.3 is 4.90 Å². The Hall–Kier alpha value is -0.440. The highest BCUT2D eigenvalue weighted by molar-refractivity contribution is 6.33. The summed E-state index contributed by atoms with van der Waals surface area (Å²) in [5.74, 6) is 0.514. The molecule has 2 nitrogen and oxygen atoms in total. The van der Waals surface area contributed by atoms with Gasteiger partial charge in [-0.25, -0.2) is 0 Å². The van der Waals surface area contributed by atoms with E-state index in [0.717, 1.165) is 42.5 Å². The molecule has 0 N–H and O–H groups in total. The Morgan fingerprint density at radius 2 is 1.83 bits per heavy atom. The largest absolute Gasteiger partial charge is 0.368 e. The zero-order valence-corrected chi connectivity index (χ0v) is 12.5.